The van der Waals surface area contributed by atoms with E-state index in [9.17, 15) is 0 Å². The molecule has 2 aromatic carbocycles. The fraction of sp³-hybridized carbons (Fsp3) is 0.200. The fourth-order valence-electron chi connectivity index (χ4n) is 1.82. The van der Waals surface area contributed by atoms with Gasteiger partial charge in [0.2, 0.25) is 0 Å². The van der Waals surface area contributed by atoms with E-state index in [0.29, 0.717) is 0 Å². The largest absolute Gasteiger partial charge is 0.0620 e. The van der Waals surface area contributed by atoms with E-state index in [1.165, 1.54) is 22.3 Å². The second-order valence-electron chi connectivity index (χ2n) is 4.03. The summed E-state index contributed by atoms with van der Waals surface area (Å²) in [6.45, 7) is 4.35. The van der Waals surface area contributed by atoms with Crippen LogP contribution in [0.3, 0.4) is 0 Å². The van der Waals surface area contributed by atoms with Gasteiger partial charge in [-0.25, -0.2) is 0 Å². The van der Waals surface area contributed by atoms with Gasteiger partial charge in [0.25, 0.3) is 0 Å². The molecule has 0 heterocycles. The van der Waals surface area contributed by atoms with Crippen molar-refractivity contribution in [1.29, 1.82) is 0 Å². The van der Waals surface area contributed by atoms with Gasteiger partial charge >= 0.3 is 0 Å². The van der Waals surface area contributed by atoms with Gasteiger partial charge in [0.15, 0.2) is 0 Å². The molecule has 0 saturated carbocycles. The van der Waals surface area contributed by atoms with Crippen molar-refractivity contribution < 1.29 is 0 Å². The highest BCUT2D eigenvalue weighted by molar-refractivity contribution is 5.35. The van der Waals surface area contributed by atoms with Crippen molar-refractivity contribution in [3.63, 3.8) is 0 Å². The molecule has 0 amide bonds. The van der Waals surface area contributed by atoms with Crippen LogP contribution in [0.25, 0.3) is 0 Å². The Balaban J connectivity index is 2.30. The molecule has 15 heavy (non-hydrogen) atoms. The average molecular weight is 196 g/mol. The molecule has 0 atom stereocenters. The molecule has 0 saturated heterocycles. The molecule has 0 aromatic heterocycles. The van der Waals surface area contributed by atoms with Crippen LogP contribution in [0.4, 0.5) is 0 Å². The van der Waals surface area contributed by atoms with Crippen molar-refractivity contribution in [2.45, 2.75) is 20.3 Å². The average Bonchev–Trinajstić information content (AvgIpc) is 2.24. The molecule has 0 unspecified atom stereocenters. The van der Waals surface area contributed by atoms with Crippen LogP contribution in [0.15, 0.2) is 48.5 Å². The van der Waals surface area contributed by atoms with Gasteiger partial charge in [-0.05, 0) is 42.5 Å². The minimum absolute atomic E-state index is 1.04. The van der Waals surface area contributed by atoms with Crippen LogP contribution in [0.2, 0.25) is 0 Å². The third-order valence-electron chi connectivity index (χ3n) is 2.90. The Bertz CT molecular complexity index is 412. The molecule has 0 nitrogen and oxygen atoms in total. The maximum Gasteiger partial charge on any atom is -0.00205 e. The van der Waals surface area contributed by atoms with Crippen LogP contribution in [0, 0.1) is 13.8 Å². The molecular formula is C15H16. The molecular weight excluding hydrogens is 180 g/mol. The van der Waals surface area contributed by atoms with E-state index in [0.717, 1.165) is 6.42 Å². The summed E-state index contributed by atoms with van der Waals surface area (Å²) in [5, 5.41) is 0. The first-order valence-electron chi connectivity index (χ1n) is 5.36. The van der Waals surface area contributed by atoms with E-state index in [2.05, 4.69) is 62.4 Å². The van der Waals surface area contributed by atoms with Crippen molar-refractivity contribution in [3.8, 4) is 0 Å². The highest BCUT2D eigenvalue weighted by Crippen LogP contribution is 2.16. The predicted octanol–water partition coefficient (Wildman–Crippen LogP) is 3.89. The fourth-order valence-corrected chi connectivity index (χ4v) is 1.82. The first kappa shape index (κ1) is 9.97. The number of rotatable bonds is 2. The highest BCUT2D eigenvalue weighted by Gasteiger charge is 2.01. The minimum Gasteiger partial charge on any atom is -0.0620 e. The maximum atomic E-state index is 2.21. The molecule has 2 rings (SSSR count). The summed E-state index contributed by atoms with van der Waals surface area (Å²) < 4.78 is 0. The van der Waals surface area contributed by atoms with E-state index >= 15 is 0 Å². The Morgan fingerprint density at radius 1 is 0.667 bits per heavy atom. The molecule has 0 aliphatic rings. The number of aryl methyl sites for hydroxylation is 2. The zero-order valence-electron chi connectivity index (χ0n) is 9.33. The lowest BCUT2D eigenvalue weighted by molar-refractivity contribution is 1.13. The molecule has 0 bridgehead atoms. The number of benzene rings is 2. The van der Waals surface area contributed by atoms with Gasteiger partial charge in [-0.3, -0.25) is 0 Å². The molecule has 0 aliphatic heterocycles. The van der Waals surface area contributed by atoms with Gasteiger partial charge in [0, 0.05) is 0 Å². The summed E-state index contributed by atoms with van der Waals surface area (Å²) in [5.41, 5.74) is 5.60. The first-order chi connectivity index (χ1) is 7.27. The Morgan fingerprint density at radius 2 is 1.07 bits per heavy atom. The van der Waals surface area contributed by atoms with Gasteiger partial charge in [-0.1, -0.05) is 48.5 Å². The van der Waals surface area contributed by atoms with E-state index in [4.69, 9.17) is 0 Å². The van der Waals surface area contributed by atoms with E-state index in [1.807, 2.05) is 0 Å². The molecule has 2 aromatic rings. The zero-order valence-corrected chi connectivity index (χ0v) is 9.33. The lowest BCUT2D eigenvalue weighted by Crippen LogP contribution is -1.93. The van der Waals surface area contributed by atoms with Crippen LogP contribution < -0.4 is 0 Å². The van der Waals surface area contributed by atoms with Crippen LogP contribution in [0.1, 0.15) is 22.3 Å². The summed E-state index contributed by atoms with van der Waals surface area (Å²) in [5.74, 6) is 0. The molecule has 0 aliphatic carbocycles. The Morgan fingerprint density at radius 3 is 1.47 bits per heavy atom. The lowest BCUT2D eigenvalue weighted by Gasteiger charge is -2.07. The second-order valence-corrected chi connectivity index (χ2v) is 4.03. The minimum atomic E-state index is 1.04. The maximum absolute atomic E-state index is 2.21. The number of hydrogen-bond acceptors (Lipinski definition) is 0. The predicted molar refractivity (Wildman–Crippen MR) is 65.2 cm³/mol. The first-order valence-corrected chi connectivity index (χ1v) is 5.36. The Hall–Kier alpha value is -1.56. The van der Waals surface area contributed by atoms with E-state index in [1.54, 1.807) is 0 Å². The van der Waals surface area contributed by atoms with Gasteiger partial charge in [0.05, 0.1) is 0 Å². The molecule has 0 heteroatoms. The second kappa shape index (κ2) is 4.31. The summed E-state index contributed by atoms with van der Waals surface area (Å²) in [6, 6.07) is 17.2. The standard InChI is InChI=1S/C15H16/c1-12-7-3-5-9-14(12)11-15-10-6-4-8-13(15)2/h3-10H,11H2,1-2H3. The molecule has 0 radical (unpaired) electrons. The van der Waals surface area contributed by atoms with Crippen LogP contribution in [0.5, 0.6) is 0 Å². The van der Waals surface area contributed by atoms with E-state index in [-0.39, 0.29) is 0 Å². The van der Waals surface area contributed by atoms with Crippen molar-refractivity contribution in [3.05, 3.63) is 70.8 Å². The topological polar surface area (TPSA) is 0 Å². The van der Waals surface area contributed by atoms with Crippen LogP contribution in [-0.2, 0) is 6.42 Å². The molecule has 0 spiro atoms. The molecule has 0 N–H and O–H groups in total. The zero-order chi connectivity index (χ0) is 10.7. The monoisotopic (exact) mass is 196 g/mol. The third kappa shape index (κ3) is 2.27. The smallest absolute Gasteiger partial charge is 0.00205 e. The van der Waals surface area contributed by atoms with Gasteiger partial charge in [-0.15, -0.1) is 0 Å². The van der Waals surface area contributed by atoms with E-state index < -0.39 is 0 Å². The van der Waals surface area contributed by atoms with Crippen molar-refractivity contribution in [2.24, 2.45) is 0 Å². The van der Waals surface area contributed by atoms with Crippen molar-refractivity contribution in [1.82, 2.24) is 0 Å². The molecule has 0 fully saturated rings. The van der Waals surface area contributed by atoms with Gasteiger partial charge < -0.3 is 0 Å². The third-order valence-corrected chi connectivity index (χ3v) is 2.90. The SMILES string of the molecule is Cc1ccccc1Cc1ccccc1C. The summed E-state index contributed by atoms with van der Waals surface area (Å²) in [7, 11) is 0. The highest BCUT2D eigenvalue weighted by atomic mass is 14.1. The lowest BCUT2D eigenvalue weighted by atomic mass is 9.98. The van der Waals surface area contributed by atoms with Crippen LogP contribution in [-0.4, -0.2) is 0 Å². The van der Waals surface area contributed by atoms with Gasteiger partial charge in [-0.2, -0.15) is 0 Å². The van der Waals surface area contributed by atoms with Crippen LogP contribution >= 0.6 is 0 Å². The van der Waals surface area contributed by atoms with Gasteiger partial charge in [0.1, 0.15) is 0 Å². The van der Waals surface area contributed by atoms with Crippen molar-refractivity contribution >= 4 is 0 Å². The Labute approximate surface area is 91.6 Å². The Kier molecular flexibility index (Phi) is 2.86. The summed E-state index contributed by atoms with van der Waals surface area (Å²) in [6.07, 6.45) is 1.04. The summed E-state index contributed by atoms with van der Waals surface area (Å²) in [4.78, 5) is 0. The quantitative estimate of drug-likeness (QED) is 0.683. The molecule has 76 valence electrons. The van der Waals surface area contributed by atoms with Crippen molar-refractivity contribution in [2.75, 3.05) is 0 Å². The number of hydrogen-bond donors (Lipinski definition) is 0. The summed E-state index contributed by atoms with van der Waals surface area (Å²) >= 11 is 0. The normalized spacial score (nSPS) is 10.3.